The topological polar surface area (TPSA) is 54.9 Å². The van der Waals surface area contributed by atoms with Crippen LogP contribution in [0.5, 0.6) is 11.5 Å². The lowest BCUT2D eigenvalue weighted by atomic mass is 10.1. The van der Waals surface area contributed by atoms with Gasteiger partial charge in [0, 0.05) is 31.7 Å². The monoisotopic (exact) mass is 439 g/mol. The number of thiazole rings is 1. The molecule has 0 atom stereocenters. The van der Waals surface area contributed by atoms with Crippen LogP contribution in [0.2, 0.25) is 0 Å². The third-order valence-corrected chi connectivity index (χ3v) is 6.70. The average molecular weight is 440 g/mol. The molecule has 4 rings (SSSR count). The minimum absolute atomic E-state index is 0.0272. The first-order valence-corrected chi connectivity index (χ1v) is 11.6. The number of aryl methyl sites for hydroxylation is 2. The summed E-state index contributed by atoms with van der Waals surface area (Å²) in [6.07, 6.45) is 0. The molecule has 0 saturated carbocycles. The largest absolute Gasteiger partial charge is 0.490 e. The number of amides is 1. The van der Waals surface area contributed by atoms with Crippen LogP contribution >= 0.6 is 11.3 Å². The Hall–Kier alpha value is -2.80. The highest BCUT2D eigenvalue weighted by molar-refractivity contribution is 7.22. The number of carbonyl (C=O) groups excluding carboxylic acids is 1. The predicted octanol–water partition coefficient (Wildman–Crippen LogP) is 4.67. The first-order chi connectivity index (χ1) is 15.0. The summed E-state index contributed by atoms with van der Waals surface area (Å²) in [6.45, 7) is 12.1. The van der Waals surface area contributed by atoms with E-state index in [1.165, 1.54) is 15.8 Å². The molecule has 164 valence electrons. The molecule has 0 N–H and O–H groups in total. The second-order valence-electron chi connectivity index (χ2n) is 7.73. The van der Waals surface area contributed by atoms with Crippen molar-refractivity contribution in [3.05, 3.63) is 47.0 Å². The smallest absolute Gasteiger partial charge is 0.254 e. The van der Waals surface area contributed by atoms with Gasteiger partial charge in [-0.25, -0.2) is 4.98 Å². The third kappa shape index (κ3) is 4.46. The number of anilines is 1. The second-order valence-corrected chi connectivity index (χ2v) is 8.71. The minimum Gasteiger partial charge on any atom is -0.490 e. The molecule has 2 heterocycles. The predicted molar refractivity (Wildman–Crippen MR) is 126 cm³/mol. The number of fused-ring (bicyclic) bond motifs is 1. The van der Waals surface area contributed by atoms with Crippen molar-refractivity contribution in [2.24, 2.45) is 0 Å². The maximum absolute atomic E-state index is 13.1. The fraction of sp³-hybridized carbons (Fsp3) is 0.417. The zero-order valence-electron chi connectivity index (χ0n) is 18.6. The summed E-state index contributed by atoms with van der Waals surface area (Å²) in [5.41, 5.74) is 4.20. The van der Waals surface area contributed by atoms with Crippen molar-refractivity contribution in [1.29, 1.82) is 0 Å². The molecule has 0 aliphatic carbocycles. The molecule has 0 spiro atoms. The van der Waals surface area contributed by atoms with Crippen LogP contribution in [0.1, 0.15) is 35.3 Å². The first-order valence-electron chi connectivity index (χ1n) is 10.8. The highest BCUT2D eigenvalue weighted by Crippen LogP contribution is 2.33. The van der Waals surface area contributed by atoms with Crippen molar-refractivity contribution in [1.82, 2.24) is 9.88 Å². The van der Waals surface area contributed by atoms with Gasteiger partial charge in [-0.05, 0) is 63.1 Å². The molecule has 6 nitrogen and oxygen atoms in total. The van der Waals surface area contributed by atoms with Crippen LogP contribution in [-0.2, 0) is 0 Å². The molecule has 0 unspecified atom stereocenters. The van der Waals surface area contributed by atoms with Gasteiger partial charge >= 0.3 is 0 Å². The Morgan fingerprint density at radius 2 is 1.71 bits per heavy atom. The van der Waals surface area contributed by atoms with Crippen molar-refractivity contribution in [2.75, 3.05) is 44.3 Å². The molecule has 0 radical (unpaired) electrons. The summed E-state index contributed by atoms with van der Waals surface area (Å²) < 4.78 is 12.5. The van der Waals surface area contributed by atoms with Gasteiger partial charge in [0.2, 0.25) is 0 Å². The SMILES string of the molecule is CCOc1ccc(C(=O)N2CCN(c3nc4cc(C)cc(C)c4s3)CC2)cc1OCC. The lowest BCUT2D eigenvalue weighted by Crippen LogP contribution is -2.48. The molecule has 3 aromatic rings. The van der Waals surface area contributed by atoms with E-state index >= 15 is 0 Å². The number of benzene rings is 2. The van der Waals surface area contributed by atoms with Gasteiger partial charge in [-0.2, -0.15) is 0 Å². The van der Waals surface area contributed by atoms with E-state index in [1.807, 2.05) is 30.9 Å². The lowest BCUT2D eigenvalue weighted by Gasteiger charge is -2.34. The van der Waals surface area contributed by atoms with E-state index in [-0.39, 0.29) is 5.91 Å². The lowest BCUT2D eigenvalue weighted by molar-refractivity contribution is 0.0746. The zero-order chi connectivity index (χ0) is 22.0. The Morgan fingerprint density at radius 1 is 1.00 bits per heavy atom. The molecule has 31 heavy (non-hydrogen) atoms. The van der Waals surface area contributed by atoms with Gasteiger partial charge in [-0.3, -0.25) is 4.79 Å². The summed E-state index contributed by atoms with van der Waals surface area (Å²) in [5.74, 6) is 1.32. The molecule has 1 aromatic heterocycles. The van der Waals surface area contributed by atoms with Crippen LogP contribution in [0.4, 0.5) is 5.13 Å². The number of carbonyl (C=O) groups is 1. The molecule has 1 aliphatic heterocycles. The van der Waals surface area contributed by atoms with Crippen LogP contribution in [0.25, 0.3) is 10.2 Å². The molecule has 2 aromatic carbocycles. The number of nitrogens with zero attached hydrogens (tertiary/aromatic N) is 3. The summed E-state index contributed by atoms with van der Waals surface area (Å²) in [7, 11) is 0. The van der Waals surface area contributed by atoms with Gasteiger partial charge in [0.05, 0.1) is 23.4 Å². The quantitative estimate of drug-likeness (QED) is 0.559. The standard InChI is InChI=1S/C24H29N3O3S/c1-5-29-20-8-7-18(15-21(20)30-6-2)23(28)26-9-11-27(12-10-26)24-25-19-14-16(3)13-17(4)22(19)31-24/h7-8,13-15H,5-6,9-12H2,1-4H3. The van der Waals surface area contributed by atoms with Crippen molar-refractivity contribution in [3.8, 4) is 11.5 Å². The first kappa shape index (κ1) is 21.4. The molecular formula is C24H29N3O3S. The van der Waals surface area contributed by atoms with E-state index in [0.717, 1.165) is 23.7 Å². The molecule has 1 aliphatic rings. The summed E-state index contributed by atoms with van der Waals surface area (Å²) in [4.78, 5) is 22.1. The average Bonchev–Trinajstić information content (AvgIpc) is 3.19. The van der Waals surface area contributed by atoms with E-state index in [0.29, 0.717) is 43.4 Å². The molecule has 7 heteroatoms. The normalized spacial score (nSPS) is 14.2. The Kier molecular flexibility index (Phi) is 6.32. The van der Waals surface area contributed by atoms with E-state index in [4.69, 9.17) is 14.5 Å². The van der Waals surface area contributed by atoms with Crippen LogP contribution < -0.4 is 14.4 Å². The Balaban J connectivity index is 1.45. The van der Waals surface area contributed by atoms with Crippen LogP contribution in [0.15, 0.2) is 30.3 Å². The van der Waals surface area contributed by atoms with Crippen LogP contribution in [0, 0.1) is 13.8 Å². The highest BCUT2D eigenvalue weighted by atomic mass is 32.1. The number of aromatic nitrogens is 1. The third-order valence-electron chi connectivity index (χ3n) is 5.44. The fourth-order valence-corrected chi connectivity index (χ4v) is 5.04. The second kappa shape index (κ2) is 9.14. The molecule has 1 saturated heterocycles. The van der Waals surface area contributed by atoms with Crippen molar-refractivity contribution in [2.45, 2.75) is 27.7 Å². The van der Waals surface area contributed by atoms with E-state index in [1.54, 1.807) is 17.4 Å². The number of ether oxygens (including phenoxy) is 2. The minimum atomic E-state index is 0.0272. The van der Waals surface area contributed by atoms with Gasteiger partial charge < -0.3 is 19.3 Å². The van der Waals surface area contributed by atoms with E-state index in [9.17, 15) is 4.79 Å². The van der Waals surface area contributed by atoms with Gasteiger partial charge in [0.15, 0.2) is 16.6 Å². The summed E-state index contributed by atoms with van der Waals surface area (Å²) in [6, 6.07) is 9.78. The van der Waals surface area contributed by atoms with E-state index < -0.39 is 0 Å². The summed E-state index contributed by atoms with van der Waals surface area (Å²) in [5, 5.41) is 1.04. The number of hydrogen-bond donors (Lipinski definition) is 0. The Labute approximate surface area is 187 Å². The number of rotatable bonds is 6. The molecule has 1 amide bonds. The van der Waals surface area contributed by atoms with Gasteiger partial charge in [-0.15, -0.1) is 0 Å². The Bertz CT molecular complexity index is 1090. The van der Waals surface area contributed by atoms with Gasteiger partial charge in [-0.1, -0.05) is 17.4 Å². The number of piperazine rings is 1. The van der Waals surface area contributed by atoms with Gasteiger partial charge in [0.25, 0.3) is 5.91 Å². The molecule has 1 fully saturated rings. The van der Waals surface area contributed by atoms with Crippen LogP contribution in [-0.4, -0.2) is 55.2 Å². The fourth-order valence-electron chi connectivity index (χ4n) is 3.97. The zero-order valence-corrected chi connectivity index (χ0v) is 19.4. The van der Waals surface area contributed by atoms with Crippen molar-refractivity contribution in [3.63, 3.8) is 0 Å². The summed E-state index contributed by atoms with van der Waals surface area (Å²) >= 11 is 1.74. The number of hydrogen-bond acceptors (Lipinski definition) is 6. The highest BCUT2D eigenvalue weighted by Gasteiger charge is 2.25. The van der Waals surface area contributed by atoms with Gasteiger partial charge in [0.1, 0.15) is 0 Å². The maximum atomic E-state index is 13.1. The molecular weight excluding hydrogens is 410 g/mol. The van der Waals surface area contributed by atoms with Crippen molar-refractivity contribution < 1.29 is 14.3 Å². The van der Waals surface area contributed by atoms with E-state index in [2.05, 4.69) is 30.9 Å². The molecule has 0 bridgehead atoms. The van der Waals surface area contributed by atoms with Crippen molar-refractivity contribution >= 4 is 32.6 Å². The Morgan fingerprint density at radius 3 is 2.42 bits per heavy atom. The maximum Gasteiger partial charge on any atom is 0.254 e. The van der Waals surface area contributed by atoms with Crippen LogP contribution in [0.3, 0.4) is 0 Å².